The second-order valence-electron chi connectivity index (χ2n) is 7.85. The van der Waals surface area contributed by atoms with Crippen molar-refractivity contribution < 1.29 is 4.79 Å². The largest absolute Gasteiger partial charge is 0.349 e. The number of carbonyl (C=O) groups excluding carboxylic acids is 1. The number of benzene rings is 2. The number of fused-ring (bicyclic) bond motifs is 1. The normalized spacial score (nSPS) is 18.2. The number of aromatic nitrogens is 5. The first kappa shape index (κ1) is 19.2. The van der Waals surface area contributed by atoms with E-state index in [1.165, 1.54) is 4.80 Å². The van der Waals surface area contributed by atoms with Crippen molar-refractivity contribution in [1.29, 1.82) is 0 Å². The van der Waals surface area contributed by atoms with Crippen molar-refractivity contribution in [1.82, 2.24) is 30.3 Å². The standard InChI is InChI=1S/C23H23N7O/c1-15-9-10-21(30-25-11-12-26-30)17(13-15)22(31)27-19-7-4-8-20(19)29-23-24-14-16-5-2-3-6-18(16)28-23/h2-3,5-6,9-14,19-20H,4,7-8H2,1H3,(H,27,31)(H,24,28,29)/t19-,20+/m1/s1. The van der Waals surface area contributed by atoms with Gasteiger partial charge in [0, 0.05) is 23.7 Å². The number of hydrogen-bond donors (Lipinski definition) is 2. The summed E-state index contributed by atoms with van der Waals surface area (Å²) in [5.41, 5.74) is 3.12. The lowest BCUT2D eigenvalue weighted by molar-refractivity contribution is 0.0935. The van der Waals surface area contributed by atoms with Crippen LogP contribution < -0.4 is 10.6 Å². The van der Waals surface area contributed by atoms with Crippen molar-refractivity contribution in [3.63, 3.8) is 0 Å². The maximum atomic E-state index is 13.2. The zero-order valence-electron chi connectivity index (χ0n) is 17.2. The van der Waals surface area contributed by atoms with Crippen LogP contribution in [0.3, 0.4) is 0 Å². The molecule has 4 aromatic rings. The van der Waals surface area contributed by atoms with Gasteiger partial charge in [0.2, 0.25) is 5.95 Å². The van der Waals surface area contributed by atoms with E-state index in [0.717, 1.165) is 35.7 Å². The fraction of sp³-hybridized carbons (Fsp3) is 0.261. The predicted molar refractivity (Wildman–Crippen MR) is 118 cm³/mol. The Balaban J connectivity index is 1.35. The monoisotopic (exact) mass is 413 g/mol. The molecule has 8 nitrogen and oxygen atoms in total. The minimum Gasteiger partial charge on any atom is -0.349 e. The number of para-hydroxylation sites is 1. The van der Waals surface area contributed by atoms with E-state index < -0.39 is 0 Å². The van der Waals surface area contributed by atoms with Gasteiger partial charge in [-0.25, -0.2) is 9.97 Å². The summed E-state index contributed by atoms with van der Waals surface area (Å²) in [4.78, 5) is 23.7. The Bertz CT molecular complexity index is 1220. The molecule has 0 radical (unpaired) electrons. The summed E-state index contributed by atoms with van der Waals surface area (Å²) in [5, 5.41) is 16.0. The lowest BCUT2D eigenvalue weighted by atomic mass is 10.1. The number of nitrogens with one attached hydrogen (secondary N) is 2. The molecule has 2 aromatic heterocycles. The molecule has 0 spiro atoms. The minimum atomic E-state index is -0.130. The Morgan fingerprint density at radius 1 is 1.06 bits per heavy atom. The molecule has 2 aromatic carbocycles. The smallest absolute Gasteiger partial charge is 0.253 e. The molecule has 2 heterocycles. The summed E-state index contributed by atoms with van der Waals surface area (Å²) in [7, 11) is 0. The summed E-state index contributed by atoms with van der Waals surface area (Å²) < 4.78 is 0. The molecule has 1 aliphatic rings. The molecule has 2 N–H and O–H groups in total. The summed E-state index contributed by atoms with van der Waals surface area (Å²) in [6.45, 7) is 1.97. The highest BCUT2D eigenvalue weighted by Gasteiger charge is 2.30. The average molecular weight is 413 g/mol. The van der Waals surface area contributed by atoms with E-state index in [1.54, 1.807) is 12.4 Å². The first-order chi connectivity index (χ1) is 15.2. The molecule has 5 rings (SSSR count). The molecule has 31 heavy (non-hydrogen) atoms. The average Bonchev–Trinajstić information content (AvgIpc) is 3.46. The van der Waals surface area contributed by atoms with Gasteiger partial charge in [-0.2, -0.15) is 15.0 Å². The van der Waals surface area contributed by atoms with E-state index >= 15 is 0 Å². The predicted octanol–water partition coefficient (Wildman–Crippen LogP) is 3.28. The van der Waals surface area contributed by atoms with Crippen LogP contribution in [0.4, 0.5) is 5.95 Å². The Kier molecular flexibility index (Phi) is 5.03. The van der Waals surface area contributed by atoms with E-state index in [2.05, 4.69) is 30.8 Å². The van der Waals surface area contributed by atoms with E-state index in [1.807, 2.05) is 55.6 Å². The van der Waals surface area contributed by atoms with Crippen LogP contribution in [0.5, 0.6) is 0 Å². The molecule has 1 amide bonds. The molecule has 0 bridgehead atoms. The Hall–Kier alpha value is -3.81. The highest BCUT2D eigenvalue weighted by molar-refractivity contribution is 5.98. The van der Waals surface area contributed by atoms with Crippen LogP contribution in [0, 0.1) is 6.92 Å². The third-order valence-corrected chi connectivity index (χ3v) is 5.67. The summed E-state index contributed by atoms with van der Waals surface area (Å²) in [5.74, 6) is 0.455. The van der Waals surface area contributed by atoms with Crippen LogP contribution in [0.15, 0.2) is 61.1 Å². The number of carbonyl (C=O) groups is 1. The molecule has 1 aliphatic carbocycles. The maximum Gasteiger partial charge on any atom is 0.253 e. The molecule has 1 saturated carbocycles. The van der Waals surface area contributed by atoms with Gasteiger partial charge in [0.05, 0.1) is 29.2 Å². The summed E-state index contributed by atoms with van der Waals surface area (Å²) in [6, 6.07) is 13.7. The van der Waals surface area contributed by atoms with E-state index in [4.69, 9.17) is 0 Å². The summed E-state index contributed by atoms with van der Waals surface area (Å²) >= 11 is 0. The van der Waals surface area contributed by atoms with Crippen LogP contribution in [0.25, 0.3) is 16.6 Å². The lowest BCUT2D eigenvalue weighted by Crippen LogP contribution is -2.43. The molecule has 0 aliphatic heterocycles. The topological polar surface area (TPSA) is 97.6 Å². The third-order valence-electron chi connectivity index (χ3n) is 5.67. The van der Waals surface area contributed by atoms with Gasteiger partial charge in [-0.15, -0.1) is 0 Å². The molecule has 8 heteroatoms. The number of aryl methyl sites for hydroxylation is 1. The number of nitrogens with zero attached hydrogens (tertiary/aromatic N) is 5. The van der Waals surface area contributed by atoms with Crippen molar-refractivity contribution in [2.45, 2.75) is 38.3 Å². The van der Waals surface area contributed by atoms with Crippen molar-refractivity contribution in [2.75, 3.05) is 5.32 Å². The maximum absolute atomic E-state index is 13.2. The summed E-state index contributed by atoms with van der Waals surface area (Å²) in [6.07, 6.45) is 7.89. The van der Waals surface area contributed by atoms with Crippen molar-refractivity contribution in [3.05, 3.63) is 72.2 Å². The molecular formula is C23H23N7O. The number of hydrogen-bond acceptors (Lipinski definition) is 6. The quantitative estimate of drug-likeness (QED) is 0.521. The van der Waals surface area contributed by atoms with Crippen LogP contribution in [0.2, 0.25) is 0 Å². The number of amides is 1. The SMILES string of the molecule is Cc1ccc(-n2nccn2)c(C(=O)N[C@@H]2CCC[C@@H]2Nc2ncc3ccccc3n2)c1. The van der Waals surface area contributed by atoms with Crippen molar-refractivity contribution in [2.24, 2.45) is 0 Å². The van der Waals surface area contributed by atoms with Crippen LogP contribution in [0.1, 0.15) is 35.2 Å². The van der Waals surface area contributed by atoms with Gasteiger partial charge in [-0.3, -0.25) is 4.79 Å². The van der Waals surface area contributed by atoms with Crippen molar-refractivity contribution >= 4 is 22.8 Å². The minimum absolute atomic E-state index is 0.0125. The van der Waals surface area contributed by atoms with Crippen LogP contribution in [-0.4, -0.2) is 43.0 Å². The van der Waals surface area contributed by atoms with Crippen LogP contribution in [-0.2, 0) is 0 Å². The fourth-order valence-electron chi connectivity index (χ4n) is 4.11. The molecule has 2 atom stereocenters. The van der Waals surface area contributed by atoms with Gasteiger partial charge in [0.25, 0.3) is 5.91 Å². The van der Waals surface area contributed by atoms with Gasteiger partial charge in [0.15, 0.2) is 0 Å². The number of rotatable bonds is 5. The zero-order chi connectivity index (χ0) is 21.2. The van der Waals surface area contributed by atoms with Gasteiger partial charge >= 0.3 is 0 Å². The first-order valence-corrected chi connectivity index (χ1v) is 10.4. The van der Waals surface area contributed by atoms with Gasteiger partial charge in [-0.05, 0) is 44.4 Å². The highest BCUT2D eigenvalue weighted by Crippen LogP contribution is 2.24. The van der Waals surface area contributed by atoms with Crippen molar-refractivity contribution in [3.8, 4) is 5.69 Å². The van der Waals surface area contributed by atoms with E-state index in [9.17, 15) is 4.79 Å². The number of anilines is 1. The molecule has 0 saturated heterocycles. The Labute approximate surface area is 179 Å². The second-order valence-corrected chi connectivity index (χ2v) is 7.85. The Morgan fingerprint density at radius 2 is 1.87 bits per heavy atom. The van der Waals surface area contributed by atoms with E-state index in [-0.39, 0.29) is 18.0 Å². The van der Waals surface area contributed by atoms with Gasteiger partial charge < -0.3 is 10.6 Å². The molecule has 1 fully saturated rings. The lowest BCUT2D eigenvalue weighted by Gasteiger charge is -2.23. The molecule has 156 valence electrons. The zero-order valence-corrected chi connectivity index (χ0v) is 17.2. The van der Waals surface area contributed by atoms with Gasteiger partial charge in [0.1, 0.15) is 0 Å². The third kappa shape index (κ3) is 3.96. The Morgan fingerprint density at radius 3 is 2.74 bits per heavy atom. The second kappa shape index (κ2) is 8.14. The van der Waals surface area contributed by atoms with Crippen LogP contribution >= 0.6 is 0 Å². The molecule has 0 unspecified atom stereocenters. The molecular weight excluding hydrogens is 390 g/mol. The first-order valence-electron chi connectivity index (χ1n) is 10.4. The highest BCUT2D eigenvalue weighted by atomic mass is 16.1. The van der Waals surface area contributed by atoms with E-state index in [0.29, 0.717) is 17.2 Å². The van der Waals surface area contributed by atoms with Gasteiger partial charge in [-0.1, -0.05) is 29.8 Å². The fourth-order valence-corrected chi connectivity index (χ4v) is 4.11.